The van der Waals surface area contributed by atoms with E-state index in [-0.39, 0.29) is 29.7 Å². The average molecular weight is 641 g/mol. The summed E-state index contributed by atoms with van der Waals surface area (Å²) >= 11 is 0. The maximum absolute atomic E-state index is 13.9. The number of amides is 2. The molecule has 2 heterocycles. The largest absolute Gasteiger partial charge is 0.490 e. The van der Waals surface area contributed by atoms with Crippen LogP contribution in [0.25, 0.3) is 11.3 Å². The molecule has 0 atom stereocenters. The number of nitrogens with one attached hydrogen (secondary N) is 1. The van der Waals surface area contributed by atoms with E-state index < -0.39 is 11.4 Å². The summed E-state index contributed by atoms with van der Waals surface area (Å²) in [6.07, 6.45) is 2.88. The van der Waals surface area contributed by atoms with Gasteiger partial charge in [-0.15, -0.1) is 0 Å². The van der Waals surface area contributed by atoms with Crippen LogP contribution in [-0.4, -0.2) is 58.8 Å². The van der Waals surface area contributed by atoms with Crippen molar-refractivity contribution in [2.45, 2.75) is 65.0 Å². The molecule has 4 aromatic rings. The van der Waals surface area contributed by atoms with Crippen LogP contribution >= 0.6 is 0 Å². The Hall–Kier alpha value is -4.99. The van der Waals surface area contributed by atoms with Gasteiger partial charge in [0.1, 0.15) is 11.6 Å². The fourth-order valence-corrected chi connectivity index (χ4v) is 5.83. The maximum atomic E-state index is 13.9. The molecular formula is C37H41FN4O5. The van der Waals surface area contributed by atoms with Gasteiger partial charge in [0.25, 0.3) is 11.8 Å². The lowest BCUT2D eigenvalue weighted by atomic mass is 9.88. The van der Waals surface area contributed by atoms with E-state index in [0.29, 0.717) is 52.5 Å². The van der Waals surface area contributed by atoms with Gasteiger partial charge in [-0.25, -0.2) is 9.18 Å². The lowest BCUT2D eigenvalue weighted by Crippen LogP contribution is -2.38. The molecule has 0 spiro atoms. The van der Waals surface area contributed by atoms with Crippen molar-refractivity contribution in [2.75, 3.05) is 25.5 Å². The Kier molecular flexibility index (Phi) is 9.79. The number of nitrogens with zero attached hydrogens (tertiary/aromatic N) is 3. The molecule has 47 heavy (non-hydrogen) atoms. The highest BCUT2D eigenvalue weighted by Gasteiger charge is 2.29. The molecule has 1 aromatic heterocycles. The molecule has 9 nitrogen and oxygen atoms in total. The van der Waals surface area contributed by atoms with Crippen LogP contribution < -0.4 is 10.1 Å². The normalized spacial score (nSPS) is 13.8. The van der Waals surface area contributed by atoms with Crippen LogP contribution in [0.4, 0.5) is 10.1 Å². The Morgan fingerprint density at radius 3 is 2.19 bits per heavy atom. The minimum Gasteiger partial charge on any atom is -0.490 e. The van der Waals surface area contributed by atoms with Crippen LogP contribution in [0.2, 0.25) is 0 Å². The lowest BCUT2D eigenvalue weighted by Gasteiger charge is -2.33. The average Bonchev–Trinajstić information content (AvgIpc) is 3.52. The van der Waals surface area contributed by atoms with Crippen LogP contribution in [0.15, 0.2) is 72.9 Å². The number of piperidine rings is 1. The number of hydrogen-bond donors (Lipinski definition) is 1. The number of rotatable bonds is 8. The topological polar surface area (TPSA) is 103 Å². The Balaban J connectivity index is 1.36. The summed E-state index contributed by atoms with van der Waals surface area (Å²) in [6.45, 7) is 10.8. The number of anilines is 1. The van der Waals surface area contributed by atoms with Gasteiger partial charge in [-0.05, 0) is 114 Å². The third-order valence-electron chi connectivity index (χ3n) is 8.18. The maximum Gasteiger partial charge on any atom is 0.337 e. The zero-order valence-corrected chi connectivity index (χ0v) is 27.7. The zero-order chi connectivity index (χ0) is 33.9. The van der Waals surface area contributed by atoms with Gasteiger partial charge < -0.3 is 19.7 Å². The monoisotopic (exact) mass is 640 g/mol. The Morgan fingerprint density at radius 1 is 0.936 bits per heavy atom. The zero-order valence-electron chi connectivity index (χ0n) is 27.7. The van der Waals surface area contributed by atoms with Gasteiger partial charge in [0.05, 0.1) is 47.3 Å². The number of hydrogen-bond acceptors (Lipinski definition) is 6. The van der Waals surface area contributed by atoms with E-state index in [2.05, 4.69) is 10.4 Å². The van der Waals surface area contributed by atoms with E-state index in [1.165, 1.54) is 25.4 Å². The number of carbonyl (C=O) groups is 3. The lowest BCUT2D eigenvalue weighted by molar-refractivity contribution is 0.0599. The first-order valence-electron chi connectivity index (χ1n) is 15.8. The molecule has 10 heteroatoms. The second-order valence-electron chi connectivity index (χ2n) is 13.0. The van der Waals surface area contributed by atoms with E-state index in [1.54, 1.807) is 47.1 Å². The van der Waals surface area contributed by atoms with Crippen LogP contribution in [0, 0.1) is 5.82 Å². The molecule has 1 N–H and O–H groups in total. The molecule has 1 fully saturated rings. The van der Waals surface area contributed by atoms with Gasteiger partial charge in [-0.2, -0.15) is 5.10 Å². The Bertz CT molecular complexity index is 1750. The van der Waals surface area contributed by atoms with E-state index >= 15 is 0 Å². The molecule has 2 amide bonds. The SMILES string of the molecule is COC(=O)c1ccc(C2CCN(C(=O)c3cc(NC(=O)c4cnn(C(C)(C)C)c4-c4ccc(F)cc4)ccc3OC(C)C)CC2)cc1. The number of ether oxygens (including phenoxy) is 2. The highest BCUT2D eigenvalue weighted by atomic mass is 19.1. The fraction of sp³-hybridized carbons (Fsp3) is 0.351. The molecule has 5 rings (SSSR count). The van der Waals surface area contributed by atoms with Gasteiger partial charge in [-0.3, -0.25) is 14.3 Å². The summed E-state index contributed by atoms with van der Waals surface area (Å²) in [5.41, 5.74) is 3.51. The van der Waals surface area contributed by atoms with Crippen molar-refractivity contribution >= 4 is 23.5 Å². The van der Waals surface area contributed by atoms with Gasteiger partial charge in [-0.1, -0.05) is 12.1 Å². The summed E-state index contributed by atoms with van der Waals surface area (Å²) in [7, 11) is 1.36. The Labute approximate surface area is 274 Å². The smallest absolute Gasteiger partial charge is 0.337 e. The fourth-order valence-electron chi connectivity index (χ4n) is 5.83. The summed E-state index contributed by atoms with van der Waals surface area (Å²) in [4.78, 5) is 41.3. The minimum atomic E-state index is -0.447. The number of carbonyl (C=O) groups excluding carboxylic acids is 3. The molecule has 1 aliphatic rings. The molecule has 0 unspecified atom stereocenters. The van der Waals surface area contributed by atoms with Crippen molar-refractivity contribution in [2.24, 2.45) is 0 Å². The molecule has 1 aliphatic heterocycles. The molecular weight excluding hydrogens is 599 g/mol. The van der Waals surface area contributed by atoms with Gasteiger partial charge in [0.2, 0.25) is 0 Å². The molecule has 0 saturated carbocycles. The van der Waals surface area contributed by atoms with Crippen molar-refractivity contribution < 1.29 is 28.2 Å². The van der Waals surface area contributed by atoms with Crippen molar-refractivity contribution in [3.63, 3.8) is 0 Å². The van der Waals surface area contributed by atoms with Crippen LogP contribution in [0.5, 0.6) is 5.75 Å². The molecule has 3 aromatic carbocycles. The standard InChI is InChI=1S/C37H41FN4O5/c1-23(2)47-32-16-15-29(40-34(43)31-22-39-42(37(3,4)5)33(31)26-11-13-28(38)14-12-26)21-30(32)35(44)41-19-17-25(18-20-41)24-7-9-27(10-8-24)36(45)46-6/h7-16,21-23,25H,17-20H2,1-6H3,(H,40,43). The second-order valence-corrected chi connectivity index (χ2v) is 13.0. The molecule has 0 radical (unpaired) electrons. The quantitative estimate of drug-likeness (QED) is 0.203. The van der Waals surface area contributed by atoms with E-state index in [9.17, 15) is 18.8 Å². The number of benzene rings is 3. The van der Waals surface area contributed by atoms with Crippen molar-refractivity contribution in [1.82, 2.24) is 14.7 Å². The minimum absolute atomic E-state index is 0.165. The highest BCUT2D eigenvalue weighted by Crippen LogP contribution is 2.33. The number of aromatic nitrogens is 2. The molecule has 0 aliphatic carbocycles. The third kappa shape index (κ3) is 7.53. The van der Waals surface area contributed by atoms with E-state index in [1.807, 2.05) is 51.7 Å². The molecule has 246 valence electrons. The summed E-state index contributed by atoms with van der Waals surface area (Å²) in [6, 6.07) is 18.5. The van der Waals surface area contributed by atoms with Gasteiger partial charge >= 0.3 is 5.97 Å². The predicted molar refractivity (Wildman–Crippen MR) is 178 cm³/mol. The second kappa shape index (κ2) is 13.8. The van der Waals surface area contributed by atoms with Crippen LogP contribution in [0.1, 0.15) is 90.0 Å². The third-order valence-corrected chi connectivity index (χ3v) is 8.18. The predicted octanol–water partition coefficient (Wildman–Crippen LogP) is 7.29. The van der Waals surface area contributed by atoms with Crippen molar-refractivity contribution in [3.05, 3.63) is 101 Å². The first-order valence-corrected chi connectivity index (χ1v) is 15.8. The van der Waals surface area contributed by atoms with Crippen LogP contribution in [-0.2, 0) is 10.3 Å². The first kappa shape index (κ1) is 33.4. The van der Waals surface area contributed by atoms with Crippen LogP contribution in [0.3, 0.4) is 0 Å². The molecule has 0 bridgehead atoms. The number of likely N-dealkylation sites (tertiary alicyclic amines) is 1. The number of esters is 1. The van der Waals surface area contributed by atoms with Crippen molar-refractivity contribution in [3.8, 4) is 17.0 Å². The summed E-state index contributed by atoms with van der Waals surface area (Å²) in [5.74, 6) is -0.633. The highest BCUT2D eigenvalue weighted by molar-refractivity contribution is 6.09. The number of methoxy groups -OCH3 is 1. The molecule has 1 saturated heterocycles. The summed E-state index contributed by atoms with van der Waals surface area (Å²) in [5, 5.41) is 7.45. The summed E-state index contributed by atoms with van der Waals surface area (Å²) < 4.78 is 26.3. The van der Waals surface area contributed by atoms with E-state index in [0.717, 1.165) is 18.4 Å². The number of halogens is 1. The van der Waals surface area contributed by atoms with Gasteiger partial charge in [0, 0.05) is 24.3 Å². The van der Waals surface area contributed by atoms with E-state index in [4.69, 9.17) is 9.47 Å². The van der Waals surface area contributed by atoms with Crippen molar-refractivity contribution in [1.29, 1.82) is 0 Å². The first-order chi connectivity index (χ1) is 22.3. The van der Waals surface area contributed by atoms with Gasteiger partial charge in [0.15, 0.2) is 0 Å². The Morgan fingerprint density at radius 2 is 1.60 bits per heavy atom.